The molecule has 2 fully saturated rings. The van der Waals surface area contributed by atoms with E-state index in [-0.39, 0.29) is 30.2 Å². The first-order valence-corrected chi connectivity index (χ1v) is 13.3. The van der Waals surface area contributed by atoms with E-state index in [0.29, 0.717) is 18.5 Å². The number of piperidine rings is 1. The second-order valence-electron chi connectivity index (χ2n) is 10.3. The summed E-state index contributed by atoms with van der Waals surface area (Å²) in [4.78, 5) is 48.1. The van der Waals surface area contributed by atoms with Crippen molar-refractivity contribution in [3.05, 3.63) is 101 Å². The van der Waals surface area contributed by atoms with Gasteiger partial charge in [0.1, 0.15) is 6.04 Å². The number of carbonyl (C=O) groups is 3. The number of nitrogens with one attached hydrogen (secondary N) is 1. The molecule has 3 aromatic rings. The van der Waals surface area contributed by atoms with Crippen molar-refractivity contribution in [1.82, 2.24) is 25.0 Å². The molecule has 3 aliphatic rings. The number of nitrogens with zero attached hydrogens (tertiary/aromatic N) is 4. The Morgan fingerprint density at radius 3 is 2.45 bits per heavy atom. The number of benzene rings is 2. The van der Waals surface area contributed by atoms with Crippen LogP contribution in [-0.4, -0.2) is 69.6 Å². The molecular formula is C30H31N5O3. The fraction of sp³-hybridized carbons (Fsp3) is 0.333. The molecule has 8 nitrogen and oxygen atoms in total. The molecule has 0 bridgehead atoms. The van der Waals surface area contributed by atoms with Gasteiger partial charge in [0.05, 0.1) is 11.7 Å². The van der Waals surface area contributed by atoms with E-state index < -0.39 is 6.04 Å². The van der Waals surface area contributed by atoms with E-state index in [2.05, 4.69) is 62.6 Å². The molecule has 0 aliphatic carbocycles. The molecule has 0 saturated carbocycles. The van der Waals surface area contributed by atoms with Crippen LogP contribution in [0, 0.1) is 0 Å². The van der Waals surface area contributed by atoms with Crippen LogP contribution in [-0.2, 0) is 22.7 Å². The molecule has 8 heteroatoms. The van der Waals surface area contributed by atoms with Crippen LogP contribution in [0.5, 0.6) is 0 Å². The predicted molar refractivity (Wildman–Crippen MR) is 142 cm³/mol. The molecule has 0 radical (unpaired) electrons. The third kappa shape index (κ3) is 4.85. The van der Waals surface area contributed by atoms with Crippen LogP contribution in [0.1, 0.15) is 51.6 Å². The minimum atomic E-state index is -0.583. The molecule has 0 spiro atoms. The Hall–Kier alpha value is -3.88. The third-order valence-corrected chi connectivity index (χ3v) is 7.85. The lowest BCUT2D eigenvalue weighted by Crippen LogP contribution is -2.52. The van der Waals surface area contributed by atoms with E-state index in [0.717, 1.165) is 44.0 Å². The van der Waals surface area contributed by atoms with Crippen molar-refractivity contribution in [3.63, 3.8) is 0 Å². The van der Waals surface area contributed by atoms with Crippen LogP contribution in [0.15, 0.2) is 72.9 Å². The molecule has 6 rings (SSSR count). The Morgan fingerprint density at radius 2 is 1.71 bits per heavy atom. The van der Waals surface area contributed by atoms with Crippen LogP contribution in [0.2, 0.25) is 0 Å². The van der Waals surface area contributed by atoms with Gasteiger partial charge in [-0.15, -0.1) is 0 Å². The van der Waals surface area contributed by atoms with Crippen LogP contribution in [0.4, 0.5) is 0 Å². The number of hydrogen-bond donors (Lipinski definition) is 1. The summed E-state index contributed by atoms with van der Waals surface area (Å²) >= 11 is 0. The second-order valence-corrected chi connectivity index (χ2v) is 10.3. The van der Waals surface area contributed by atoms with Gasteiger partial charge in [0.15, 0.2) is 0 Å². The van der Waals surface area contributed by atoms with Gasteiger partial charge < -0.3 is 4.90 Å². The van der Waals surface area contributed by atoms with Gasteiger partial charge in [-0.25, -0.2) is 0 Å². The number of imide groups is 1. The summed E-state index contributed by atoms with van der Waals surface area (Å²) in [5.41, 5.74) is 5.10. The van der Waals surface area contributed by atoms with Crippen molar-refractivity contribution in [2.75, 3.05) is 26.2 Å². The van der Waals surface area contributed by atoms with E-state index in [1.165, 1.54) is 11.1 Å². The first-order chi connectivity index (χ1) is 18.6. The van der Waals surface area contributed by atoms with Crippen LogP contribution >= 0.6 is 0 Å². The topological polar surface area (TPSA) is 85.9 Å². The zero-order valence-electron chi connectivity index (χ0n) is 21.3. The number of aromatic nitrogens is 1. The number of amides is 3. The van der Waals surface area contributed by atoms with Crippen molar-refractivity contribution in [3.8, 4) is 0 Å². The van der Waals surface area contributed by atoms with Gasteiger partial charge in [-0.05, 0) is 41.3 Å². The molecule has 2 unspecified atom stereocenters. The van der Waals surface area contributed by atoms with Gasteiger partial charge in [0.2, 0.25) is 11.8 Å². The first-order valence-electron chi connectivity index (χ1n) is 13.3. The largest absolute Gasteiger partial charge is 0.322 e. The van der Waals surface area contributed by atoms with Gasteiger partial charge in [-0.3, -0.25) is 34.5 Å². The summed E-state index contributed by atoms with van der Waals surface area (Å²) in [5, 5.41) is 2.37. The summed E-state index contributed by atoms with van der Waals surface area (Å²) < 4.78 is 0. The number of piperazine rings is 1. The van der Waals surface area contributed by atoms with Crippen LogP contribution < -0.4 is 5.32 Å². The summed E-state index contributed by atoms with van der Waals surface area (Å²) in [5.74, 6) is -0.774. The lowest BCUT2D eigenvalue weighted by atomic mass is 10.00. The number of rotatable bonds is 6. The minimum Gasteiger partial charge on any atom is -0.322 e. The lowest BCUT2D eigenvalue weighted by molar-refractivity contribution is -0.136. The Morgan fingerprint density at radius 1 is 0.921 bits per heavy atom. The molecule has 1 N–H and O–H groups in total. The molecule has 3 aliphatic heterocycles. The van der Waals surface area contributed by atoms with E-state index in [1.807, 2.05) is 30.5 Å². The summed E-state index contributed by atoms with van der Waals surface area (Å²) in [6.07, 6.45) is 2.50. The number of fused-ring (bicyclic) bond motifs is 1. The maximum Gasteiger partial charge on any atom is 0.255 e. The normalized spacial score (nSPS) is 21.3. The molecular weight excluding hydrogens is 478 g/mol. The molecule has 3 amide bonds. The average Bonchev–Trinajstić information content (AvgIpc) is 3.26. The van der Waals surface area contributed by atoms with Crippen molar-refractivity contribution >= 4 is 17.7 Å². The smallest absolute Gasteiger partial charge is 0.255 e. The highest BCUT2D eigenvalue weighted by Crippen LogP contribution is 2.30. The van der Waals surface area contributed by atoms with Crippen molar-refractivity contribution in [2.24, 2.45) is 0 Å². The molecule has 2 saturated heterocycles. The molecule has 2 aromatic carbocycles. The Labute approximate surface area is 222 Å². The highest BCUT2D eigenvalue weighted by molar-refractivity contribution is 6.05. The van der Waals surface area contributed by atoms with Crippen LogP contribution in [0.3, 0.4) is 0 Å². The monoisotopic (exact) mass is 509 g/mol. The van der Waals surface area contributed by atoms with E-state index >= 15 is 0 Å². The molecule has 194 valence electrons. The van der Waals surface area contributed by atoms with Crippen molar-refractivity contribution < 1.29 is 14.4 Å². The van der Waals surface area contributed by atoms with E-state index in [9.17, 15) is 14.4 Å². The number of carbonyl (C=O) groups excluding carboxylic acids is 3. The first kappa shape index (κ1) is 24.5. The summed E-state index contributed by atoms with van der Waals surface area (Å²) in [6, 6.07) is 22.2. The average molecular weight is 510 g/mol. The SMILES string of the molecule is O=C1CCC(N2Cc3cc(CN4CCN(C(c5ccccc5)c5ccccn5)CC4)ccc3C2=O)C(=O)N1. The van der Waals surface area contributed by atoms with Gasteiger partial charge in [0, 0.05) is 57.4 Å². The molecule has 38 heavy (non-hydrogen) atoms. The Bertz CT molecular complexity index is 1300. The fourth-order valence-corrected chi connectivity index (χ4v) is 5.91. The molecule has 4 heterocycles. The second kappa shape index (κ2) is 10.5. The third-order valence-electron chi connectivity index (χ3n) is 7.85. The zero-order valence-corrected chi connectivity index (χ0v) is 21.3. The maximum absolute atomic E-state index is 13.0. The Balaban J connectivity index is 1.11. The highest BCUT2D eigenvalue weighted by Gasteiger charge is 2.39. The van der Waals surface area contributed by atoms with Crippen molar-refractivity contribution in [2.45, 2.75) is 38.0 Å². The van der Waals surface area contributed by atoms with E-state index in [1.54, 1.807) is 4.90 Å². The zero-order chi connectivity index (χ0) is 26.1. The van der Waals surface area contributed by atoms with E-state index in [4.69, 9.17) is 0 Å². The Kier molecular flexibility index (Phi) is 6.74. The fourth-order valence-electron chi connectivity index (χ4n) is 5.91. The van der Waals surface area contributed by atoms with Gasteiger partial charge in [-0.2, -0.15) is 0 Å². The summed E-state index contributed by atoms with van der Waals surface area (Å²) in [6.45, 7) is 4.97. The summed E-state index contributed by atoms with van der Waals surface area (Å²) in [7, 11) is 0. The highest BCUT2D eigenvalue weighted by atomic mass is 16.2. The number of pyridine rings is 1. The van der Waals surface area contributed by atoms with Crippen molar-refractivity contribution in [1.29, 1.82) is 0 Å². The standard InChI is InChI=1S/C30H31N5O3/c36-27-12-11-26(29(37)32-27)35-20-23-18-21(9-10-24(23)30(35)38)19-33-14-16-34(17-15-33)28(22-6-2-1-3-7-22)25-8-4-5-13-31-25/h1-10,13,18,26,28H,11-12,14-17,19-20H2,(H,32,36,37). The van der Waals surface area contributed by atoms with Crippen LogP contribution in [0.25, 0.3) is 0 Å². The van der Waals surface area contributed by atoms with Gasteiger partial charge in [-0.1, -0.05) is 48.5 Å². The maximum atomic E-state index is 13.0. The van der Waals surface area contributed by atoms with Gasteiger partial charge >= 0.3 is 0 Å². The minimum absolute atomic E-state index is 0.129. The molecule has 2 atom stereocenters. The number of hydrogen-bond acceptors (Lipinski definition) is 6. The lowest BCUT2D eigenvalue weighted by Gasteiger charge is -2.39. The quantitative estimate of drug-likeness (QED) is 0.515. The molecule has 1 aromatic heterocycles. The van der Waals surface area contributed by atoms with Gasteiger partial charge in [0.25, 0.3) is 5.91 Å². The predicted octanol–water partition coefficient (Wildman–Crippen LogP) is 2.75.